The molecule has 0 spiro atoms. The maximum atomic E-state index is 5.33. The standard InChI is InChI=1S/C2H6S14/c1-2-6-16(4,5)15-14-13-12-11-10-9-8-7-3/h3H,2H2,1H3. The SMILES string of the molecule is CCSS(=S)(=S)SSSSSSSSSS. The molecular weight excluding hydrogens is 473 g/mol. The van der Waals surface area contributed by atoms with Crippen LogP contribution in [0.4, 0.5) is 0 Å². The van der Waals surface area contributed by atoms with E-state index in [9.17, 15) is 0 Å². The largest absolute Gasteiger partial charge is 0.0988 e. The molecule has 0 amide bonds. The van der Waals surface area contributed by atoms with Crippen molar-refractivity contribution in [1.82, 2.24) is 0 Å². The summed E-state index contributed by atoms with van der Waals surface area (Å²) in [4.78, 5) is 0. The Hall–Kier alpha value is 4.64. The van der Waals surface area contributed by atoms with Gasteiger partial charge in [0.2, 0.25) is 0 Å². The van der Waals surface area contributed by atoms with Crippen molar-refractivity contribution in [3.63, 3.8) is 0 Å². The van der Waals surface area contributed by atoms with Crippen LogP contribution in [0.1, 0.15) is 6.92 Å². The van der Waals surface area contributed by atoms with Gasteiger partial charge < -0.3 is 0 Å². The molecule has 0 aromatic heterocycles. The molecule has 0 aromatic carbocycles. The Balaban J connectivity index is 3.27. The van der Waals surface area contributed by atoms with Crippen LogP contribution >= 0.6 is 111 Å². The van der Waals surface area contributed by atoms with Gasteiger partial charge in [-0.1, -0.05) is 29.4 Å². The summed E-state index contributed by atoms with van der Waals surface area (Å²) < 4.78 is 0. The molecule has 0 N–H and O–H groups in total. The molecule has 0 aliphatic rings. The second kappa shape index (κ2) is 14.6. The Morgan fingerprint density at radius 1 is 0.938 bits per heavy atom. The third-order valence-electron chi connectivity index (χ3n) is 0.570. The zero-order chi connectivity index (χ0) is 12.3. The van der Waals surface area contributed by atoms with Crippen LogP contribution in [-0.4, -0.2) is 5.75 Å². The van der Waals surface area contributed by atoms with Crippen molar-refractivity contribution in [2.24, 2.45) is 0 Å². The molecule has 0 aliphatic heterocycles. The van der Waals surface area contributed by atoms with Crippen molar-refractivity contribution in [3.8, 4) is 0 Å². The van der Waals surface area contributed by atoms with Crippen molar-refractivity contribution in [2.75, 3.05) is 5.75 Å². The molecular formula is C2H6S14. The lowest BCUT2D eigenvalue weighted by atomic mass is 11.0. The fraction of sp³-hybridized carbons (Fsp3) is 1.00. The highest BCUT2D eigenvalue weighted by Gasteiger charge is 2.04. The molecule has 0 bridgehead atoms. The van der Waals surface area contributed by atoms with E-state index in [1.54, 1.807) is 89.4 Å². The molecule has 0 saturated carbocycles. The number of rotatable bonds is 11. The minimum atomic E-state index is -1.34. The lowest BCUT2D eigenvalue weighted by Crippen LogP contribution is -1.77. The summed E-state index contributed by atoms with van der Waals surface area (Å²) in [5, 5.41) is -1.34. The van der Waals surface area contributed by atoms with E-state index in [0.29, 0.717) is 0 Å². The normalized spacial score (nSPS) is 11.9. The molecule has 0 radical (unpaired) electrons. The van der Waals surface area contributed by atoms with E-state index in [0.717, 1.165) is 5.75 Å². The number of thiol groups is 1. The van der Waals surface area contributed by atoms with Gasteiger partial charge in [-0.05, 0) is 71.5 Å². The van der Waals surface area contributed by atoms with E-state index >= 15 is 0 Å². The second-order valence-corrected chi connectivity index (χ2v) is 29.7. The average molecular weight is 479 g/mol. The van der Waals surface area contributed by atoms with Crippen LogP contribution in [0.3, 0.4) is 0 Å². The zero-order valence-electron chi connectivity index (χ0n) is 7.46. The van der Waals surface area contributed by atoms with Crippen LogP contribution in [0.25, 0.3) is 0 Å². The predicted octanol–water partition coefficient (Wildman–Crippen LogP) is 7.41. The van der Waals surface area contributed by atoms with Crippen molar-refractivity contribution in [2.45, 2.75) is 6.92 Å². The van der Waals surface area contributed by atoms with Crippen molar-refractivity contribution in [3.05, 3.63) is 0 Å². The van der Waals surface area contributed by atoms with Crippen molar-refractivity contribution >= 4 is 138 Å². The van der Waals surface area contributed by atoms with Crippen LogP contribution in [0.5, 0.6) is 0 Å². The number of hydrogen-bond donors (Lipinski definition) is 1. The van der Waals surface area contributed by atoms with Crippen LogP contribution in [0, 0.1) is 0 Å². The lowest BCUT2D eigenvalue weighted by molar-refractivity contribution is 1.54. The molecule has 14 heteroatoms. The summed E-state index contributed by atoms with van der Waals surface area (Å²) in [5.41, 5.74) is 0. The molecule has 0 saturated heterocycles. The first kappa shape index (κ1) is 20.6. The van der Waals surface area contributed by atoms with Gasteiger partial charge in [-0.3, -0.25) is 0 Å². The molecule has 0 aromatic rings. The van der Waals surface area contributed by atoms with Crippen LogP contribution in [-0.2, 0) is 27.6 Å². The summed E-state index contributed by atoms with van der Waals surface area (Å²) in [5.74, 6) is 1.01. The quantitative estimate of drug-likeness (QED) is 0.178. The second-order valence-electron chi connectivity index (χ2n) is 1.43. The Morgan fingerprint density at radius 2 is 1.44 bits per heavy atom. The fourth-order valence-electron chi connectivity index (χ4n) is 0.278. The van der Waals surface area contributed by atoms with Gasteiger partial charge in [0.05, 0.1) is 0 Å². The monoisotopic (exact) mass is 478 g/mol. The molecule has 0 unspecified atom stereocenters. The summed E-state index contributed by atoms with van der Waals surface area (Å²) in [6.07, 6.45) is 0. The van der Waals surface area contributed by atoms with E-state index in [2.05, 4.69) is 18.6 Å². The van der Waals surface area contributed by atoms with E-state index in [1.807, 2.05) is 0 Å². The maximum Gasteiger partial charge on any atom is 0.0220 e. The maximum absolute atomic E-state index is 5.33. The van der Waals surface area contributed by atoms with Gasteiger partial charge in [0, 0.05) is 50.3 Å². The third-order valence-corrected chi connectivity index (χ3v) is 29.9. The first-order valence-electron chi connectivity index (χ1n) is 3.18. The highest BCUT2D eigenvalue weighted by molar-refractivity contribution is 9.56. The third kappa shape index (κ3) is 15.0. The Morgan fingerprint density at radius 3 is 1.94 bits per heavy atom. The molecule has 0 heterocycles. The zero-order valence-corrected chi connectivity index (χ0v) is 19.0. The van der Waals surface area contributed by atoms with E-state index in [-0.39, 0.29) is 0 Å². The number of hydrogen-bond acceptors (Lipinski definition) is 13. The molecule has 0 atom stereocenters. The topological polar surface area (TPSA) is 0 Å². The van der Waals surface area contributed by atoms with Crippen molar-refractivity contribution in [1.29, 1.82) is 0 Å². The van der Waals surface area contributed by atoms with Gasteiger partial charge >= 0.3 is 0 Å². The highest BCUT2D eigenvalue weighted by Crippen LogP contribution is 2.60. The predicted molar refractivity (Wildman–Crippen MR) is 118 cm³/mol. The van der Waals surface area contributed by atoms with E-state index < -0.39 is 5.21 Å². The smallest absolute Gasteiger partial charge is 0.0220 e. The summed E-state index contributed by atoms with van der Waals surface area (Å²) in [6.45, 7) is 2.10. The summed E-state index contributed by atoms with van der Waals surface area (Å²) >= 11 is 14.7. The van der Waals surface area contributed by atoms with Crippen LogP contribution < -0.4 is 0 Å². The first-order chi connectivity index (χ1) is 7.62. The molecule has 98 valence electrons. The van der Waals surface area contributed by atoms with Gasteiger partial charge in [-0.2, -0.15) is 0 Å². The molecule has 0 aliphatic carbocycles. The highest BCUT2D eigenvalue weighted by atomic mass is 34.1. The Kier molecular flexibility index (Phi) is 18.8. The lowest BCUT2D eigenvalue weighted by Gasteiger charge is -2.04. The average Bonchev–Trinajstić information content (AvgIpc) is 2.22. The summed E-state index contributed by atoms with van der Waals surface area (Å²) in [7, 11) is 16.9. The molecule has 0 rings (SSSR count). The molecule has 0 nitrogen and oxygen atoms in total. The van der Waals surface area contributed by atoms with E-state index in [4.69, 9.17) is 22.4 Å². The Bertz CT molecular complexity index is 227. The van der Waals surface area contributed by atoms with Crippen molar-refractivity contribution < 1.29 is 0 Å². The van der Waals surface area contributed by atoms with Gasteiger partial charge in [-0.25, -0.2) is 0 Å². The fourth-order valence-corrected chi connectivity index (χ4v) is 33.3. The van der Waals surface area contributed by atoms with Gasteiger partial charge in [0.25, 0.3) is 0 Å². The van der Waals surface area contributed by atoms with E-state index in [1.165, 1.54) is 9.83 Å². The van der Waals surface area contributed by atoms with Crippen LogP contribution in [0.15, 0.2) is 0 Å². The minimum absolute atomic E-state index is 1.01. The van der Waals surface area contributed by atoms with Gasteiger partial charge in [0.15, 0.2) is 0 Å². The van der Waals surface area contributed by atoms with Gasteiger partial charge in [-0.15, -0.1) is 0 Å². The Labute approximate surface area is 148 Å². The summed E-state index contributed by atoms with van der Waals surface area (Å²) in [6, 6.07) is 0. The molecule has 0 fully saturated rings. The van der Waals surface area contributed by atoms with Gasteiger partial charge in [0.1, 0.15) is 0 Å². The first-order valence-corrected chi connectivity index (χ1v) is 21.2. The minimum Gasteiger partial charge on any atom is -0.0988 e. The molecule has 16 heavy (non-hydrogen) atoms. The van der Waals surface area contributed by atoms with Crippen LogP contribution in [0.2, 0.25) is 0 Å².